The third-order valence-corrected chi connectivity index (χ3v) is 5.87. The van der Waals surface area contributed by atoms with Crippen molar-refractivity contribution < 1.29 is 0 Å². The second kappa shape index (κ2) is 8.68. The van der Waals surface area contributed by atoms with Gasteiger partial charge >= 0.3 is 0 Å². The highest BCUT2D eigenvalue weighted by Gasteiger charge is 2.29. The molecule has 6 heteroatoms. The lowest BCUT2D eigenvalue weighted by molar-refractivity contribution is 0.309. The maximum atomic E-state index is 4.33. The van der Waals surface area contributed by atoms with Crippen molar-refractivity contribution in [2.45, 2.75) is 43.4 Å². The number of guanidine groups is 1. The first-order valence-corrected chi connectivity index (χ1v) is 8.40. The molecule has 2 rings (SSSR count). The van der Waals surface area contributed by atoms with Crippen molar-refractivity contribution in [2.75, 3.05) is 39.5 Å². The topological polar surface area (TPSA) is 39.7 Å². The summed E-state index contributed by atoms with van der Waals surface area (Å²) in [5.41, 5.74) is 0. The van der Waals surface area contributed by atoms with Gasteiger partial charge in [0.05, 0.1) is 0 Å². The normalized spacial score (nSPS) is 31.1. The van der Waals surface area contributed by atoms with Crippen LogP contribution in [-0.2, 0) is 0 Å². The standard InChI is InChI=1S/C14H28N4S.HI/c1-14(7-5-9-19-14)11-17-13(15-2)16-10-12-6-4-8-18(12)3;/h12H,4-11H2,1-3H3,(H2,15,16,17);1H. The average Bonchev–Trinajstić information content (AvgIpc) is 3.00. The molecule has 0 aromatic carbocycles. The summed E-state index contributed by atoms with van der Waals surface area (Å²) in [7, 11) is 4.07. The quantitative estimate of drug-likeness (QED) is 0.422. The SMILES string of the molecule is CN=C(NCC1CCCN1C)NCC1(C)CCCS1.I. The molecule has 2 aliphatic heterocycles. The Kier molecular flexibility index (Phi) is 7.97. The molecular weight excluding hydrogens is 383 g/mol. The summed E-state index contributed by atoms with van der Waals surface area (Å²) in [6, 6.07) is 0.662. The fourth-order valence-electron chi connectivity index (χ4n) is 2.92. The van der Waals surface area contributed by atoms with Crippen LogP contribution in [0.1, 0.15) is 32.6 Å². The van der Waals surface area contributed by atoms with Gasteiger partial charge in [0, 0.05) is 30.9 Å². The Hall–Kier alpha value is 0.310. The smallest absolute Gasteiger partial charge is 0.191 e. The maximum Gasteiger partial charge on any atom is 0.191 e. The molecule has 0 bridgehead atoms. The number of nitrogens with one attached hydrogen (secondary N) is 2. The number of halogens is 1. The Morgan fingerprint density at radius 2 is 2.20 bits per heavy atom. The maximum absolute atomic E-state index is 4.33. The molecule has 2 heterocycles. The van der Waals surface area contributed by atoms with Crippen LogP contribution in [0.3, 0.4) is 0 Å². The molecule has 0 spiro atoms. The second-order valence-corrected chi connectivity index (χ2v) is 7.67. The molecule has 0 amide bonds. The minimum Gasteiger partial charge on any atom is -0.355 e. The van der Waals surface area contributed by atoms with E-state index >= 15 is 0 Å². The van der Waals surface area contributed by atoms with Crippen molar-refractivity contribution in [1.82, 2.24) is 15.5 Å². The monoisotopic (exact) mass is 412 g/mol. The lowest BCUT2D eigenvalue weighted by Gasteiger charge is -2.25. The van der Waals surface area contributed by atoms with E-state index in [2.05, 4.69) is 46.3 Å². The van der Waals surface area contributed by atoms with E-state index in [1.165, 1.54) is 38.0 Å². The summed E-state index contributed by atoms with van der Waals surface area (Å²) in [6.45, 7) is 5.60. The van der Waals surface area contributed by atoms with Gasteiger partial charge in [-0.2, -0.15) is 11.8 Å². The molecule has 0 saturated carbocycles. The Labute approximate surface area is 144 Å². The molecule has 0 aliphatic carbocycles. The van der Waals surface area contributed by atoms with Crippen molar-refractivity contribution in [3.05, 3.63) is 0 Å². The lowest BCUT2D eigenvalue weighted by atomic mass is 10.1. The van der Waals surface area contributed by atoms with E-state index in [9.17, 15) is 0 Å². The molecule has 0 aromatic heterocycles. The lowest BCUT2D eigenvalue weighted by Crippen LogP contribution is -2.47. The van der Waals surface area contributed by atoms with E-state index in [4.69, 9.17) is 0 Å². The van der Waals surface area contributed by atoms with Crippen LogP contribution in [-0.4, -0.2) is 61.1 Å². The molecule has 2 fully saturated rings. The van der Waals surface area contributed by atoms with Crippen LogP contribution in [0.2, 0.25) is 0 Å². The summed E-state index contributed by atoms with van der Waals surface area (Å²) in [5.74, 6) is 2.26. The number of hydrogen-bond acceptors (Lipinski definition) is 3. The number of likely N-dealkylation sites (tertiary alicyclic amines) is 1. The third kappa shape index (κ3) is 5.26. The molecule has 2 saturated heterocycles. The van der Waals surface area contributed by atoms with Crippen molar-refractivity contribution in [3.63, 3.8) is 0 Å². The van der Waals surface area contributed by atoms with Crippen molar-refractivity contribution in [2.24, 2.45) is 4.99 Å². The molecule has 20 heavy (non-hydrogen) atoms. The largest absolute Gasteiger partial charge is 0.355 e. The van der Waals surface area contributed by atoms with Gasteiger partial charge in [-0.1, -0.05) is 0 Å². The van der Waals surface area contributed by atoms with E-state index in [0.29, 0.717) is 10.8 Å². The third-order valence-electron chi connectivity index (χ3n) is 4.33. The fourth-order valence-corrected chi connectivity index (χ4v) is 4.16. The van der Waals surface area contributed by atoms with Gasteiger partial charge in [0.25, 0.3) is 0 Å². The minimum absolute atomic E-state index is 0. The first-order chi connectivity index (χ1) is 9.13. The summed E-state index contributed by atoms with van der Waals surface area (Å²) < 4.78 is 0.391. The van der Waals surface area contributed by atoms with Gasteiger partial charge in [0.1, 0.15) is 0 Å². The molecule has 0 radical (unpaired) electrons. The van der Waals surface area contributed by atoms with Gasteiger partial charge in [-0.3, -0.25) is 4.99 Å². The van der Waals surface area contributed by atoms with Crippen LogP contribution in [0.25, 0.3) is 0 Å². The Balaban J connectivity index is 0.00000200. The molecule has 2 aliphatic rings. The van der Waals surface area contributed by atoms with Gasteiger partial charge in [0.2, 0.25) is 0 Å². The number of rotatable bonds is 4. The molecule has 4 nitrogen and oxygen atoms in total. The van der Waals surface area contributed by atoms with Crippen LogP contribution in [0.15, 0.2) is 4.99 Å². The number of nitrogens with zero attached hydrogens (tertiary/aromatic N) is 2. The van der Waals surface area contributed by atoms with Crippen LogP contribution >= 0.6 is 35.7 Å². The molecule has 118 valence electrons. The summed E-state index contributed by atoms with van der Waals surface area (Å²) in [4.78, 5) is 6.77. The van der Waals surface area contributed by atoms with Crippen molar-refractivity contribution in [3.8, 4) is 0 Å². The number of aliphatic imine (C=N–C) groups is 1. The van der Waals surface area contributed by atoms with Gasteiger partial charge in [-0.05, 0) is 52.0 Å². The first-order valence-electron chi connectivity index (χ1n) is 7.42. The van der Waals surface area contributed by atoms with Crippen LogP contribution in [0.4, 0.5) is 0 Å². The summed E-state index contributed by atoms with van der Waals surface area (Å²) >= 11 is 2.09. The first kappa shape index (κ1) is 18.4. The van der Waals surface area contributed by atoms with E-state index in [1.54, 1.807) is 0 Å². The molecule has 0 aromatic rings. The average molecular weight is 412 g/mol. The zero-order chi connectivity index (χ0) is 13.7. The summed E-state index contributed by atoms with van der Waals surface area (Å²) in [6.07, 6.45) is 5.28. The van der Waals surface area contributed by atoms with Gasteiger partial charge in [-0.25, -0.2) is 0 Å². The van der Waals surface area contributed by atoms with Gasteiger partial charge < -0.3 is 15.5 Å². The van der Waals surface area contributed by atoms with Gasteiger partial charge in [-0.15, -0.1) is 24.0 Å². The molecular formula is C14H29IN4S. The van der Waals surface area contributed by atoms with Gasteiger partial charge in [0.15, 0.2) is 5.96 Å². The van der Waals surface area contributed by atoms with E-state index in [-0.39, 0.29) is 24.0 Å². The molecule has 2 atom stereocenters. The molecule has 2 N–H and O–H groups in total. The predicted molar refractivity (Wildman–Crippen MR) is 101 cm³/mol. The highest BCUT2D eigenvalue weighted by molar-refractivity contribution is 14.0. The highest BCUT2D eigenvalue weighted by atomic mass is 127. The zero-order valence-corrected chi connectivity index (χ0v) is 16.1. The van der Waals surface area contributed by atoms with Crippen LogP contribution in [0.5, 0.6) is 0 Å². The Morgan fingerprint density at radius 3 is 2.75 bits per heavy atom. The van der Waals surface area contributed by atoms with Crippen molar-refractivity contribution >= 4 is 41.7 Å². The Morgan fingerprint density at radius 1 is 1.40 bits per heavy atom. The van der Waals surface area contributed by atoms with Crippen LogP contribution < -0.4 is 10.6 Å². The predicted octanol–water partition coefficient (Wildman–Crippen LogP) is 2.15. The fraction of sp³-hybridized carbons (Fsp3) is 0.929. The van der Waals surface area contributed by atoms with E-state index in [1.807, 2.05) is 7.05 Å². The molecule has 2 unspecified atom stereocenters. The van der Waals surface area contributed by atoms with Crippen LogP contribution in [0, 0.1) is 0 Å². The zero-order valence-electron chi connectivity index (χ0n) is 12.9. The number of hydrogen-bond donors (Lipinski definition) is 2. The van der Waals surface area contributed by atoms with Crippen molar-refractivity contribution in [1.29, 1.82) is 0 Å². The second-order valence-electron chi connectivity index (χ2n) is 5.99. The van der Waals surface area contributed by atoms with E-state index < -0.39 is 0 Å². The van der Waals surface area contributed by atoms with E-state index in [0.717, 1.165) is 19.0 Å². The minimum atomic E-state index is 0. The summed E-state index contributed by atoms with van der Waals surface area (Å²) in [5, 5.41) is 6.96. The highest BCUT2D eigenvalue weighted by Crippen LogP contribution is 2.36. The Bertz CT molecular complexity index is 318. The number of thioether (sulfide) groups is 1. The number of likely N-dealkylation sites (N-methyl/N-ethyl adjacent to an activating group) is 1.